The molecule has 0 radical (unpaired) electrons. The van der Waals surface area contributed by atoms with Crippen LogP contribution in [0.1, 0.15) is 34.6 Å². The van der Waals surface area contributed by atoms with Crippen LogP contribution in [0.2, 0.25) is 0 Å². The van der Waals surface area contributed by atoms with Crippen molar-refractivity contribution in [1.82, 2.24) is 4.48 Å². The van der Waals surface area contributed by atoms with E-state index in [1.165, 1.54) is 0 Å². The van der Waals surface area contributed by atoms with Crippen LogP contribution in [-0.2, 0) is 28.6 Å². The topological polar surface area (TPSA) is 139 Å². The normalized spacial score (nSPS) is 10.4. The summed E-state index contributed by atoms with van der Waals surface area (Å²) in [5.41, 5.74) is 3.29. The number of nitrogens with zero attached hydrogens (tertiary/aromatic N) is 2. The van der Waals surface area contributed by atoms with Crippen molar-refractivity contribution in [3.05, 3.63) is 59.7 Å². The van der Waals surface area contributed by atoms with Crippen LogP contribution < -0.4 is 14.5 Å². The molecule has 46 heavy (non-hydrogen) atoms. The zero-order chi connectivity index (χ0) is 36.1. The maximum atomic E-state index is 11.5. The van der Waals surface area contributed by atoms with Gasteiger partial charge in [-0.1, -0.05) is 5.92 Å². The number of benzene rings is 2. The van der Waals surface area contributed by atoms with Gasteiger partial charge in [0.05, 0.1) is 44.7 Å². The van der Waals surface area contributed by atoms with Crippen molar-refractivity contribution in [3.8, 4) is 24.7 Å². The molecule has 0 aliphatic rings. The van der Waals surface area contributed by atoms with Crippen molar-refractivity contribution >= 4 is 39.4 Å². The molecule has 0 fully saturated rings. The predicted molar refractivity (Wildman–Crippen MR) is 167 cm³/mol. The summed E-state index contributed by atoms with van der Waals surface area (Å²) in [6.45, 7) is 4.82. The Morgan fingerprint density at radius 1 is 0.870 bits per heavy atom. The van der Waals surface area contributed by atoms with Crippen LogP contribution in [0.4, 0.5) is 24.5 Å². The van der Waals surface area contributed by atoms with Gasteiger partial charge in [0.25, 0.3) is 10.1 Å². The molecular weight excluding hydrogens is 633 g/mol. The Balaban J connectivity index is 0. The number of halogens is 3. The van der Waals surface area contributed by atoms with E-state index in [9.17, 15) is 31.2 Å². The van der Waals surface area contributed by atoms with E-state index >= 15 is 0 Å². The highest BCUT2D eigenvalue weighted by Gasteiger charge is 2.28. The summed E-state index contributed by atoms with van der Waals surface area (Å²) >= 11 is 0. The fourth-order valence-corrected chi connectivity index (χ4v) is 3.07. The van der Waals surface area contributed by atoms with Crippen molar-refractivity contribution in [2.45, 2.75) is 20.0 Å². The molecule has 0 bridgehead atoms. The molecule has 0 aliphatic carbocycles. The monoisotopic (exact) mass is 672 g/mol. The fourth-order valence-electron chi connectivity index (χ4n) is 2.79. The van der Waals surface area contributed by atoms with Gasteiger partial charge in [-0.15, -0.1) is 12.8 Å². The molecule has 0 heterocycles. The number of carbonyl (C=O) groups is 3. The molecule has 2 aromatic carbocycles. The number of hydrogen-bond donors (Lipinski definition) is 0. The van der Waals surface area contributed by atoms with E-state index < -0.39 is 22.3 Å². The summed E-state index contributed by atoms with van der Waals surface area (Å²) in [5.74, 6) is 1.10. The first-order valence-electron chi connectivity index (χ1n) is 13.2. The van der Waals surface area contributed by atoms with Crippen molar-refractivity contribution in [3.63, 3.8) is 0 Å². The second-order valence-electron chi connectivity index (χ2n) is 9.43. The van der Waals surface area contributed by atoms with Gasteiger partial charge in [-0.25, -0.2) is 9.59 Å². The Labute approximate surface area is 268 Å². The molecular formula is C31H39F3N2O9S. The molecule has 0 aromatic heterocycles. The Bertz CT molecular complexity index is 1430. The summed E-state index contributed by atoms with van der Waals surface area (Å²) < 4.78 is 66.2. The SMILES string of the molecule is C#CCOS(C)(=O)=O.C#CC[N+](C)(C)c1ccc(C(=O)OCC)cc1.CCOC(=O)c1ccc(N(C)C)cc1.O=C([O-])C(F)(F)F. The van der Waals surface area contributed by atoms with Gasteiger partial charge in [-0.05, 0) is 68.3 Å². The predicted octanol–water partition coefficient (Wildman–Crippen LogP) is 2.89. The van der Waals surface area contributed by atoms with E-state index in [1.54, 1.807) is 38.1 Å². The highest BCUT2D eigenvalue weighted by atomic mass is 32.2. The average molecular weight is 673 g/mol. The number of carboxylic acids is 1. The van der Waals surface area contributed by atoms with E-state index in [4.69, 9.17) is 32.2 Å². The van der Waals surface area contributed by atoms with Gasteiger partial charge in [-0.2, -0.15) is 21.6 Å². The number of terminal acetylenes is 2. The molecule has 0 aliphatic heterocycles. The van der Waals surface area contributed by atoms with E-state index in [-0.39, 0.29) is 18.5 Å². The maximum absolute atomic E-state index is 11.5. The molecule has 11 nitrogen and oxygen atoms in total. The number of carboxylic acid groups (broad SMARTS) is 1. The Kier molecular flexibility index (Phi) is 20.1. The number of carbonyl (C=O) groups excluding carboxylic acids is 3. The zero-order valence-corrected chi connectivity index (χ0v) is 27.5. The molecule has 2 aromatic rings. The Morgan fingerprint density at radius 2 is 1.26 bits per heavy atom. The lowest BCUT2D eigenvalue weighted by atomic mass is 10.2. The number of ether oxygens (including phenoxy) is 2. The van der Waals surface area contributed by atoms with Crippen LogP contribution in [0.3, 0.4) is 0 Å². The van der Waals surface area contributed by atoms with E-state index in [0.29, 0.717) is 35.4 Å². The first kappa shape index (κ1) is 43.6. The summed E-state index contributed by atoms with van der Waals surface area (Å²) in [6, 6.07) is 14.7. The standard InChI is InChI=1S/C14H18NO2.C11H15NO2.C4H6O3S.C2HF3O2/c1-5-11-15(3,4)13-9-7-12(8-10-13)14(16)17-6-2;1-4-14-11(13)9-5-7-10(8-6-9)12(2)3;1-3-4-7-8(2,5)6;3-2(4,5)1(6)7/h1,7-10H,6,11H2,2-4H3;5-8H,4H2,1-3H3;1H,4H2,2H3;(H,6,7)/q+1;;;/p-1. The summed E-state index contributed by atoms with van der Waals surface area (Å²) in [6.07, 6.45) is 5.78. The molecule has 15 heteroatoms. The first-order valence-corrected chi connectivity index (χ1v) is 15.0. The Hall–Kier alpha value is -4.57. The lowest BCUT2D eigenvalue weighted by molar-refractivity contribution is -0.344. The minimum Gasteiger partial charge on any atom is -0.542 e. The van der Waals surface area contributed by atoms with E-state index in [1.807, 2.05) is 63.3 Å². The number of quaternary nitrogens is 1. The first-order chi connectivity index (χ1) is 21.2. The van der Waals surface area contributed by atoms with Gasteiger partial charge in [0.1, 0.15) is 24.8 Å². The lowest BCUT2D eigenvalue weighted by Crippen LogP contribution is -2.40. The second-order valence-corrected chi connectivity index (χ2v) is 11.1. The van der Waals surface area contributed by atoms with Gasteiger partial charge in [0, 0.05) is 19.8 Å². The molecule has 0 unspecified atom stereocenters. The van der Waals surface area contributed by atoms with Crippen LogP contribution in [0, 0.1) is 24.7 Å². The molecule has 2 rings (SSSR count). The third-order valence-electron chi connectivity index (χ3n) is 5.05. The minimum absolute atomic E-state index is 0.182. The lowest BCUT2D eigenvalue weighted by Gasteiger charge is -2.26. The number of hydrogen-bond acceptors (Lipinski definition) is 10. The summed E-state index contributed by atoms with van der Waals surface area (Å²) in [7, 11) is 4.64. The number of alkyl halides is 3. The van der Waals surface area contributed by atoms with Crippen molar-refractivity contribution in [2.75, 3.05) is 65.7 Å². The smallest absolute Gasteiger partial charge is 0.430 e. The molecule has 254 valence electrons. The number of esters is 2. The number of anilines is 1. The van der Waals surface area contributed by atoms with Crippen LogP contribution in [-0.4, -0.2) is 93.3 Å². The quantitative estimate of drug-likeness (QED) is 0.169. The molecule has 0 spiro atoms. The molecule has 0 saturated carbocycles. The van der Waals surface area contributed by atoms with Crippen LogP contribution >= 0.6 is 0 Å². The average Bonchev–Trinajstić information content (AvgIpc) is 2.96. The highest BCUT2D eigenvalue weighted by molar-refractivity contribution is 7.86. The number of aliphatic carboxylic acids is 1. The maximum Gasteiger partial charge on any atom is 0.430 e. The summed E-state index contributed by atoms with van der Waals surface area (Å²) in [5, 5.41) is 8.78. The van der Waals surface area contributed by atoms with Crippen LogP contribution in [0.25, 0.3) is 0 Å². The van der Waals surface area contributed by atoms with Crippen LogP contribution in [0.5, 0.6) is 0 Å². The van der Waals surface area contributed by atoms with Crippen molar-refractivity contribution < 1.29 is 54.7 Å². The molecule has 0 atom stereocenters. The highest BCUT2D eigenvalue weighted by Crippen LogP contribution is 2.19. The van der Waals surface area contributed by atoms with E-state index in [2.05, 4.69) is 10.1 Å². The zero-order valence-electron chi connectivity index (χ0n) is 26.7. The Morgan fingerprint density at radius 3 is 1.52 bits per heavy atom. The van der Waals surface area contributed by atoms with Gasteiger partial charge < -0.3 is 24.3 Å². The third kappa shape index (κ3) is 19.7. The van der Waals surface area contributed by atoms with E-state index in [0.717, 1.165) is 17.6 Å². The molecule has 0 saturated heterocycles. The van der Waals surface area contributed by atoms with Gasteiger partial charge in [-0.3, -0.25) is 8.67 Å². The van der Waals surface area contributed by atoms with Crippen molar-refractivity contribution in [2.24, 2.45) is 0 Å². The van der Waals surface area contributed by atoms with Crippen LogP contribution in [0.15, 0.2) is 48.5 Å². The van der Waals surface area contributed by atoms with Gasteiger partial charge >= 0.3 is 18.1 Å². The van der Waals surface area contributed by atoms with Gasteiger partial charge in [0.15, 0.2) is 0 Å². The second kappa shape index (κ2) is 21.2. The summed E-state index contributed by atoms with van der Waals surface area (Å²) in [4.78, 5) is 33.5. The van der Waals surface area contributed by atoms with Gasteiger partial charge in [0.2, 0.25) is 0 Å². The van der Waals surface area contributed by atoms with Crippen molar-refractivity contribution in [1.29, 1.82) is 0 Å². The molecule has 0 amide bonds. The number of rotatable bonds is 9. The molecule has 0 N–H and O–H groups in total. The largest absolute Gasteiger partial charge is 0.542 e. The third-order valence-corrected chi connectivity index (χ3v) is 5.59. The fraction of sp³-hybridized carbons (Fsp3) is 0.387. The minimum atomic E-state index is -5.19.